The minimum Gasteiger partial charge on any atom is -0.385 e. The number of rotatable bonds is 6. The van der Waals surface area contributed by atoms with Crippen LogP contribution >= 0.6 is 0 Å². The first-order valence-electron chi connectivity index (χ1n) is 5.14. The second-order valence-corrected chi connectivity index (χ2v) is 3.64. The highest BCUT2D eigenvalue weighted by atomic mass is 16.5. The quantitative estimate of drug-likeness (QED) is 0.677. The average Bonchev–Trinajstić information content (AvgIpc) is 2.64. The Hall–Kier alpha value is -0.120. The summed E-state index contributed by atoms with van der Waals surface area (Å²) in [6, 6.07) is 0.544. The minimum absolute atomic E-state index is 0.481. The van der Waals surface area contributed by atoms with E-state index in [1.807, 2.05) is 7.05 Å². The maximum Gasteiger partial charge on any atom is 0.0590 e. The molecule has 1 rings (SSSR count). The highest BCUT2D eigenvalue weighted by Crippen LogP contribution is 2.17. The SMILES string of the molecule is CNC(CCOC)CC1CCCO1. The summed E-state index contributed by atoms with van der Waals surface area (Å²) in [7, 11) is 3.76. The van der Waals surface area contributed by atoms with Gasteiger partial charge in [0.05, 0.1) is 6.10 Å². The topological polar surface area (TPSA) is 30.5 Å². The summed E-state index contributed by atoms with van der Waals surface area (Å²) in [5.74, 6) is 0. The molecule has 13 heavy (non-hydrogen) atoms. The molecule has 0 saturated carbocycles. The molecular weight excluding hydrogens is 166 g/mol. The maximum atomic E-state index is 5.58. The lowest BCUT2D eigenvalue weighted by Gasteiger charge is -2.19. The largest absolute Gasteiger partial charge is 0.385 e. The third-order valence-electron chi connectivity index (χ3n) is 2.65. The first kappa shape index (κ1) is 11.0. The highest BCUT2D eigenvalue weighted by Gasteiger charge is 2.19. The van der Waals surface area contributed by atoms with Gasteiger partial charge in [0, 0.05) is 26.4 Å². The molecule has 1 saturated heterocycles. The first-order valence-corrected chi connectivity index (χ1v) is 5.14. The third-order valence-corrected chi connectivity index (χ3v) is 2.65. The summed E-state index contributed by atoms with van der Waals surface area (Å²) in [4.78, 5) is 0. The Bertz CT molecular complexity index is 124. The highest BCUT2D eigenvalue weighted by molar-refractivity contribution is 4.73. The summed E-state index contributed by atoms with van der Waals surface area (Å²) < 4.78 is 10.6. The molecule has 78 valence electrons. The van der Waals surface area contributed by atoms with Crippen molar-refractivity contribution in [2.45, 2.75) is 37.8 Å². The molecule has 1 heterocycles. The monoisotopic (exact) mass is 187 g/mol. The van der Waals surface area contributed by atoms with Crippen LogP contribution in [0.3, 0.4) is 0 Å². The van der Waals surface area contributed by atoms with Gasteiger partial charge in [-0.05, 0) is 32.7 Å². The summed E-state index contributed by atoms with van der Waals surface area (Å²) in [5, 5.41) is 3.30. The van der Waals surface area contributed by atoms with Gasteiger partial charge in [-0.3, -0.25) is 0 Å². The number of ether oxygens (including phenoxy) is 2. The zero-order valence-electron chi connectivity index (χ0n) is 8.71. The van der Waals surface area contributed by atoms with E-state index in [-0.39, 0.29) is 0 Å². The molecule has 0 bridgehead atoms. The summed E-state index contributed by atoms with van der Waals surface area (Å²) in [6.45, 7) is 1.78. The van der Waals surface area contributed by atoms with Gasteiger partial charge in [0.25, 0.3) is 0 Å². The lowest BCUT2D eigenvalue weighted by atomic mass is 10.0. The first-order chi connectivity index (χ1) is 6.36. The predicted molar refractivity (Wildman–Crippen MR) is 52.9 cm³/mol. The van der Waals surface area contributed by atoms with Crippen molar-refractivity contribution >= 4 is 0 Å². The summed E-state index contributed by atoms with van der Waals surface area (Å²) in [5.41, 5.74) is 0. The molecular formula is C10H21NO2. The van der Waals surface area contributed by atoms with Crippen molar-refractivity contribution in [1.82, 2.24) is 5.32 Å². The molecule has 0 radical (unpaired) electrons. The Morgan fingerprint density at radius 3 is 3.00 bits per heavy atom. The van der Waals surface area contributed by atoms with E-state index in [9.17, 15) is 0 Å². The van der Waals surface area contributed by atoms with Crippen LogP contribution in [0.5, 0.6) is 0 Å². The van der Waals surface area contributed by atoms with Crippen LogP contribution in [0.2, 0.25) is 0 Å². The smallest absolute Gasteiger partial charge is 0.0590 e. The van der Waals surface area contributed by atoms with E-state index in [1.54, 1.807) is 7.11 Å². The lowest BCUT2D eigenvalue weighted by molar-refractivity contribution is 0.0894. The van der Waals surface area contributed by atoms with Crippen molar-refractivity contribution < 1.29 is 9.47 Å². The van der Waals surface area contributed by atoms with E-state index in [4.69, 9.17) is 9.47 Å². The summed E-state index contributed by atoms with van der Waals surface area (Å²) >= 11 is 0. The zero-order valence-corrected chi connectivity index (χ0v) is 8.71. The van der Waals surface area contributed by atoms with Gasteiger partial charge in [0.1, 0.15) is 0 Å². The molecule has 3 heteroatoms. The number of hydrogen-bond donors (Lipinski definition) is 1. The normalized spacial score (nSPS) is 24.9. The molecule has 3 nitrogen and oxygen atoms in total. The molecule has 2 atom stereocenters. The molecule has 0 aliphatic carbocycles. The van der Waals surface area contributed by atoms with Crippen LogP contribution in [-0.4, -0.2) is 39.5 Å². The fraction of sp³-hybridized carbons (Fsp3) is 1.00. The predicted octanol–water partition coefficient (Wildman–Crippen LogP) is 1.18. The van der Waals surface area contributed by atoms with Gasteiger partial charge in [0.2, 0.25) is 0 Å². The molecule has 1 aliphatic rings. The number of hydrogen-bond acceptors (Lipinski definition) is 3. The van der Waals surface area contributed by atoms with Crippen molar-refractivity contribution in [2.75, 3.05) is 27.4 Å². The van der Waals surface area contributed by atoms with Gasteiger partial charge in [-0.25, -0.2) is 0 Å². The van der Waals surface area contributed by atoms with Crippen LogP contribution in [0.15, 0.2) is 0 Å². The fourth-order valence-electron chi connectivity index (χ4n) is 1.79. The number of nitrogens with one attached hydrogen (secondary N) is 1. The van der Waals surface area contributed by atoms with E-state index in [0.717, 1.165) is 26.1 Å². The van der Waals surface area contributed by atoms with E-state index in [0.29, 0.717) is 12.1 Å². The Morgan fingerprint density at radius 2 is 2.46 bits per heavy atom. The van der Waals surface area contributed by atoms with Gasteiger partial charge in [-0.1, -0.05) is 0 Å². The van der Waals surface area contributed by atoms with Crippen molar-refractivity contribution in [3.63, 3.8) is 0 Å². The van der Waals surface area contributed by atoms with E-state index in [2.05, 4.69) is 5.32 Å². The Morgan fingerprint density at radius 1 is 1.62 bits per heavy atom. The Balaban J connectivity index is 2.13. The molecule has 0 aromatic carbocycles. The van der Waals surface area contributed by atoms with Gasteiger partial charge in [-0.15, -0.1) is 0 Å². The van der Waals surface area contributed by atoms with Gasteiger partial charge in [-0.2, -0.15) is 0 Å². The molecule has 2 unspecified atom stereocenters. The molecule has 1 N–H and O–H groups in total. The second kappa shape index (κ2) is 6.35. The van der Waals surface area contributed by atoms with Crippen molar-refractivity contribution in [2.24, 2.45) is 0 Å². The third kappa shape index (κ3) is 4.07. The van der Waals surface area contributed by atoms with Crippen molar-refractivity contribution in [3.05, 3.63) is 0 Å². The molecule has 0 spiro atoms. The van der Waals surface area contributed by atoms with Gasteiger partial charge < -0.3 is 14.8 Å². The number of methoxy groups -OCH3 is 1. The van der Waals surface area contributed by atoms with Gasteiger partial charge in [0.15, 0.2) is 0 Å². The Kier molecular flexibility index (Phi) is 5.35. The van der Waals surface area contributed by atoms with E-state index >= 15 is 0 Å². The maximum absolute atomic E-state index is 5.58. The molecule has 1 fully saturated rings. The molecule has 0 aromatic rings. The van der Waals surface area contributed by atoms with Crippen LogP contribution in [0.25, 0.3) is 0 Å². The molecule has 0 aromatic heterocycles. The standard InChI is InChI=1S/C10H21NO2/c1-11-9(5-7-12-2)8-10-4-3-6-13-10/h9-11H,3-8H2,1-2H3. The lowest BCUT2D eigenvalue weighted by Crippen LogP contribution is -2.30. The second-order valence-electron chi connectivity index (χ2n) is 3.64. The molecule has 0 amide bonds. The summed E-state index contributed by atoms with van der Waals surface area (Å²) in [6.07, 6.45) is 5.14. The van der Waals surface area contributed by atoms with E-state index in [1.165, 1.54) is 12.8 Å². The van der Waals surface area contributed by atoms with Gasteiger partial charge >= 0.3 is 0 Å². The van der Waals surface area contributed by atoms with E-state index < -0.39 is 0 Å². The van der Waals surface area contributed by atoms with Crippen LogP contribution in [0, 0.1) is 0 Å². The minimum atomic E-state index is 0.481. The Labute approximate surface area is 80.8 Å². The molecule has 1 aliphatic heterocycles. The van der Waals surface area contributed by atoms with Crippen LogP contribution in [-0.2, 0) is 9.47 Å². The van der Waals surface area contributed by atoms with Crippen molar-refractivity contribution in [1.29, 1.82) is 0 Å². The van der Waals surface area contributed by atoms with Crippen molar-refractivity contribution in [3.8, 4) is 0 Å². The van der Waals surface area contributed by atoms with Crippen LogP contribution in [0.1, 0.15) is 25.7 Å². The average molecular weight is 187 g/mol. The van der Waals surface area contributed by atoms with Crippen LogP contribution in [0.4, 0.5) is 0 Å². The van der Waals surface area contributed by atoms with Crippen LogP contribution < -0.4 is 5.32 Å². The fourth-order valence-corrected chi connectivity index (χ4v) is 1.79. The zero-order chi connectivity index (χ0) is 9.52.